The van der Waals surface area contributed by atoms with Crippen molar-refractivity contribution in [3.8, 4) is 0 Å². The van der Waals surface area contributed by atoms with E-state index in [2.05, 4.69) is 46.9 Å². The molecule has 1 aromatic heterocycles. The Kier molecular flexibility index (Phi) is 7.27. The number of hydrogen-bond donors (Lipinski definition) is 2. The van der Waals surface area contributed by atoms with Crippen LogP contribution in [-0.4, -0.2) is 18.2 Å². The van der Waals surface area contributed by atoms with Crippen LogP contribution in [0.25, 0.3) is 0 Å². The summed E-state index contributed by atoms with van der Waals surface area (Å²) in [6.07, 6.45) is 1.86. The van der Waals surface area contributed by atoms with Gasteiger partial charge in [-0.3, -0.25) is 4.79 Å². The number of anilines is 1. The van der Waals surface area contributed by atoms with Crippen LogP contribution in [-0.2, 0) is 4.79 Å². The van der Waals surface area contributed by atoms with Crippen molar-refractivity contribution in [3.63, 3.8) is 0 Å². The van der Waals surface area contributed by atoms with E-state index in [-0.39, 0.29) is 11.9 Å². The Morgan fingerprint density at radius 3 is 2.63 bits per heavy atom. The van der Waals surface area contributed by atoms with E-state index in [0.717, 1.165) is 16.3 Å². The molecule has 3 nitrogen and oxygen atoms in total. The number of quaternary nitrogens is 1. The van der Waals surface area contributed by atoms with Gasteiger partial charge < -0.3 is 10.6 Å². The monoisotopic (exact) mass is 395 g/mol. The Labute approximate surface area is 168 Å². The second-order valence-corrected chi connectivity index (χ2v) is 8.03. The van der Waals surface area contributed by atoms with Crippen molar-refractivity contribution < 1.29 is 10.1 Å². The molecule has 1 amide bonds. The van der Waals surface area contributed by atoms with Crippen molar-refractivity contribution >= 4 is 34.7 Å². The molecule has 0 spiro atoms. The highest BCUT2D eigenvalue weighted by molar-refractivity contribution is 7.99. The topological polar surface area (TPSA) is 45.7 Å². The first-order valence-electron chi connectivity index (χ1n) is 8.82. The van der Waals surface area contributed by atoms with Crippen molar-refractivity contribution in [1.29, 1.82) is 0 Å². The number of thiophene rings is 1. The molecule has 3 rings (SSSR count). The van der Waals surface area contributed by atoms with Crippen LogP contribution < -0.4 is 10.6 Å². The molecule has 0 bridgehead atoms. The van der Waals surface area contributed by atoms with Gasteiger partial charge in [0.2, 0.25) is 0 Å². The largest absolute Gasteiger partial charge is 0.328 e. The van der Waals surface area contributed by atoms with Crippen LogP contribution in [0.15, 0.2) is 89.7 Å². The van der Waals surface area contributed by atoms with Gasteiger partial charge >= 0.3 is 0 Å². The molecule has 0 saturated heterocycles. The molecular weight excluding hydrogens is 372 g/mol. The number of carbonyl (C=O) groups excluding carboxylic acids is 1. The standard InChI is InChI=1S/C22H22N2OS2/c1-2-14-26-19-12-7-6-11-18(19)24-21(25)16-23-22(20-13-8-15-27-20)17-9-4-3-5-10-17/h2-13,15,22-23H,1,14,16H2,(H,24,25)/p+1/t22-/m0/s1. The molecule has 1 heterocycles. The van der Waals surface area contributed by atoms with E-state index in [1.807, 2.05) is 48.5 Å². The van der Waals surface area contributed by atoms with Gasteiger partial charge in [-0.15, -0.1) is 29.7 Å². The third-order valence-corrected chi connectivity index (χ3v) is 6.09. The van der Waals surface area contributed by atoms with Gasteiger partial charge in [-0.05, 0) is 23.6 Å². The van der Waals surface area contributed by atoms with E-state index in [1.165, 1.54) is 10.4 Å². The van der Waals surface area contributed by atoms with Crippen LogP contribution in [0.1, 0.15) is 16.5 Å². The molecule has 27 heavy (non-hydrogen) atoms. The van der Waals surface area contributed by atoms with Crippen molar-refractivity contribution in [3.05, 3.63) is 95.2 Å². The van der Waals surface area contributed by atoms with Gasteiger partial charge in [0.25, 0.3) is 5.91 Å². The lowest BCUT2D eigenvalue weighted by Crippen LogP contribution is -2.87. The van der Waals surface area contributed by atoms with Gasteiger partial charge in [-0.2, -0.15) is 0 Å². The number of carbonyl (C=O) groups is 1. The van der Waals surface area contributed by atoms with Gasteiger partial charge in [-0.25, -0.2) is 0 Å². The molecule has 0 saturated carbocycles. The molecule has 3 N–H and O–H groups in total. The molecule has 0 aliphatic carbocycles. The Morgan fingerprint density at radius 2 is 1.89 bits per heavy atom. The summed E-state index contributed by atoms with van der Waals surface area (Å²) < 4.78 is 0. The normalized spacial score (nSPS) is 11.7. The molecule has 2 aromatic carbocycles. The second kappa shape index (κ2) is 10.1. The van der Waals surface area contributed by atoms with E-state index in [1.54, 1.807) is 23.1 Å². The van der Waals surface area contributed by atoms with Crippen LogP contribution in [0.4, 0.5) is 5.69 Å². The highest BCUT2D eigenvalue weighted by atomic mass is 32.2. The summed E-state index contributed by atoms with van der Waals surface area (Å²) in [4.78, 5) is 14.9. The first-order valence-corrected chi connectivity index (χ1v) is 10.7. The van der Waals surface area contributed by atoms with E-state index in [9.17, 15) is 4.79 Å². The molecular formula is C22H23N2OS2+. The van der Waals surface area contributed by atoms with Gasteiger partial charge in [0.15, 0.2) is 6.54 Å². The minimum absolute atomic E-state index is 0.000796. The van der Waals surface area contributed by atoms with Crippen molar-refractivity contribution in [2.24, 2.45) is 0 Å². The fourth-order valence-electron chi connectivity index (χ4n) is 2.82. The summed E-state index contributed by atoms with van der Waals surface area (Å²) >= 11 is 3.38. The summed E-state index contributed by atoms with van der Waals surface area (Å²) in [6.45, 7) is 4.12. The maximum atomic E-state index is 12.6. The lowest BCUT2D eigenvalue weighted by molar-refractivity contribution is -0.675. The lowest BCUT2D eigenvalue weighted by atomic mass is 10.1. The number of amides is 1. The maximum absolute atomic E-state index is 12.6. The third kappa shape index (κ3) is 5.57. The summed E-state index contributed by atoms with van der Waals surface area (Å²) in [5.74, 6) is 0.812. The number of thioether (sulfide) groups is 1. The zero-order chi connectivity index (χ0) is 18.9. The summed E-state index contributed by atoms with van der Waals surface area (Å²) in [6, 6.07) is 22.5. The fourth-order valence-corrected chi connectivity index (χ4v) is 4.41. The van der Waals surface area contributed by atoms with Crippen molar-refractivity contribution in [2.45, 2.75) is 10.9 Å². The summed E-state index contributed by atoms with van der Waals surface area (Å²) in [5.41, 5.74) is 2.06. The second-order valence-electron chi connectivity index (χ2n) is 5.99. The molecule has 138 valence electrons. The highest BCUT2D eigenvalue weighted by Gasteiger charge is 2.20. The first-order chi connectivity index (χ1) is 13.3. The average Bonchev–Trinajstić information content (AvgIpc) is 3.23. The summed E-state index contributed by atoms with van der Waals surface area (Å²) in [5, 5.41) is 7.22. The van der Waals surface area contributed by atoms with E-state index >= 15 is 0 Å². The zero-order valence-electron chi connectivity index (χ0n) is 15.0. The van der Waals surface area contributed by atoms with Gasteiger partial charge in [0.1, 0.15) is 6.04 Å². The van der Waals surface area contributed by atoms with Crippen molar-refractivity contribution in [2.75, 3.05) is 17.6 Å². The average molecular weight is 396 g/mol. The number of benzene rings is 2. The molecule has 1 atom stereocenters. The van der Waals surface area contributed by atoms with E-state index < -0.39 is 0 Å². The van der Waals surface area contributed by atoms with Crippen LogP contribution in [0, 0.1) is 0 Å². The van der Waals surface area contributed by atoms with Crippen LogP contribution in [0.2, 0.25) is 0 Å². The molecule has 0 radical (unpaired) electrons. The predicted octanol–water partition coefficient (Wildman–Crippen LogP) is 4.32. The van der Waals surface area contributed by atoms with Crippen LogP contribution in [0.3, 0.4) is 0 Å². The predicted molar refractivity (Wildman–Crippen MR) is 115 cm³/mol. The maximum Gasteiger partial charge on any atom is 0.279 e. The van der Waals surface area contributed by atoms with Crippen molar-refractivity contribution in [1.82, 2.24) is 0 Å². The number of nitrogens with two attached hydrogens (primary N) is 1. The minimum atomic E-state index is -0.000796. The number of hydrogen-bond acceptors (Lipinski definition) is 3. The summed E-state index contributed by atoms with van der Waals surface area (Å²) in [7, 11) is 0. The highest BCUT2D eigenvalue weighted by Crippen LogP contribution is 2.27. The number of para-hydroxylation sites is 1. The van der Waals surface area contributed by atoms with Gasteiger partial charge in [0.05, 0.1) is 10.6 Å². The quantitative estimate of drug-likeness (QED) is 0.419. The molecule has 3 aromatic rings. The van der Waals surface area contributed by atoms with E-state index in [4.69, 9.17) is 0 Å². The Bertz CT molecular complexity index is 863. The Hall–Kier alpha value is -2.34. The first kappa shape index (κ1) is 19.4. The minimum Gasteiger partial charge on any atom is -0.328 e. The van der Waals surface area contributed by atoms with Gasteiger partial charge in [-0.1, -0.05) is 54.6 Å². The molecule has 0 aliphatic heterocycles. The zero-order valence-corrected chi connectivity index (χ0v) is 16.6. The van der Waals surface area contributed by atoms with Crippen LogP contribution in [0.5, 0.6) is 0 Å². The molecule has 0 fully saturated rings. The smallest absolute Gasteiger partial charge is 0.279 e. The number of nitrogens with one attached hydrogen (secondary N) is 1. The molecule has 0 unspecified atom stereocenters. The lowest BCUT2D eigenvalue weighted by Gasteiger charge is -2.15. The molecule has 0 aliphatic rings. The Balaban J connectivity index is 1.66. The van der Waals surface area contributed by atoms with E-state index in [0.29, 0.717) is 6.54 Å². The van der Waals surface area contributed by atoms with Gasteiger partial charge in [0, 0.05) is 16.2 Å². The third-order valence-electron chi connectivity index (χ3n) is 4.07. The molecule has 5 heteroatoms. The van der Waals surface area contributed by atoms with Crippen LogP contribution >= 0.6 is 23.1 Å². The number of rotatable bonds is 9. The fraction of sp³-hybridized carbons (Fsp3) is 0.136. The SMILES string of the molecule is C=CCSc1ccccc1NC(=O)C[NH2+][C@@H](c1ccccc1)c1cccs1. The Morgan fingerprint density at radius 1 is 1.11 bits per heavy atom.